The van der Waals surface area contributed by atoms with Crippen molar-refractivity contribution in [1.82, 2.24) is 0 Å². The van der Waals surface area contributed by atoms with E-state index in [1.807, 2.05) is 42.5 Å². The van der Waals surface area contributed by atoms with Gasteiger partial charge >= 0.3 is 0 Å². The van der Waals surface area contributed by atoms with Gasteiger partial charge in [0, 0.05) is 5.56 Å². The number of para-hydroxylation sites is 1. The molecule has 0 aromatic heterocycles. The van der Waals surface area contributed by atoms with Crippen LogP contribution in [0.15, 0.2) is 109 Å². The molecule has 0 heterocycles. The molecule has 0 fully saturated rings. The summed E-state index contributed by atoms with van der Waals surface area (Å²) in [5.74, 6) is 3.34. The van der Waals surface area contributed by atoms with Gasteiger partial charge in [-0.25, -0.2) is 0 Å². The van der Waals surface area contributed by atoms with Crippen molar-refractivity contribution >= 4 is 24.3 Å². The summed E-state index contributed by atoms with van der Waals surface area (Å²) in [7, 11) is 3.29. The maximum atomic E-state index is 9.41. The first-order chi connectivity index (χ1) is 24.7. The maximum Gasteiger partial charge on any atom is 0.164 e. The van der Waals surface area contributed by atoms with Gasteiger partial charge in [-0.15, -0.1) is 0 Å². The van der Waals surface area contributed by atoms with E-state index in [1.165, 1.54) is 23.8 Å². The summed E-state index contributed by atoms with van der Waals surface area (Å²) in [4.78, 5) is 0. The van der Waals surface area contributed by atoms with Gasteiger partial charge in [-0.05, 0) is 70.7 Å². The highest BCUT2D eigenvalue weighted by atomic mass is 16.5. The number of phenols is 4. The van der Waals surface area contributed by atoms with Crippen molar-refractivity contribution in [3.05, 3.63) is 131 Å². The van der Waals surface area contributed by atoms with Crippen LogP contribution >= 0.6 is 0 Å². The Morgan fingerprint density at radius 1 is 0.423 bits per heavy atom. The quantitative estimate of drug-likeness (QED) is 0.122. The van der Waals surface area contributed by atoms with Crippen molar-refractivity contribution in [2.75, 3.05) is 14.2 Å². The lowest BCUT2D eigenvalue weighted by atomic mass is 10.1. The van der Waals surface area contributed by atoms with Gasteiger partial charge in [-0.2, -0.15) is 0 Å². The first-order valence-corrected chi connectivity index (χ1v) is 17.7. The van der Waals surface area contributed by atoms with Crippen LogP contribution in [0.3, 0.4) is 0 Å². The van der Waals surface area contributed by atoms with Crippen LogP contribution in [0.4, 0.5) is 0 Å². The number of aromatic hydroxyl groups is 4. The van der Waals surface area contributed by atoms with E-state index in [0.717, 1.165) is 22.6 Å². The lowest BCUT2D eigenvalue weighted by molar-refractivity contribution is 0.355. The SMILES string of the molecule is CC(C)/C=C/c1ccc(O)c(O)c1.CC(C)/C=C/c1cccc(O)c1O.CC(C)/C=C/c1ccccc1.COc1ccc(/C=C/C(C)C)cc1OC. The average molecular weight is 709 g/mol. The molecule has 4 aromatic carbocycles. The Bertz CT molecular complexity index is 1700. The van der Waals surface area contributed by atoms with Crippen molar-refractivity contribution in [3.8, 4) is 34.5 Å². The molecular formula is C46H60O6. The van der Waals surface area contributed by atoms with E-state index in [1.54, 1.807) is 38.5 Å². The summed E-state index contributed by atoms with van der Waals surface area (Å²) in [5, 5.41) is 36.8. The van der Waals surface area contributed by atoms with E-state index < -0.39 is 0 Å². The Balaban J connectivity index is 0.000000348. The van der Waals surface area contributed by atoms with Gasteiger partial charge in [0.15, 0.2) is 34.5 Å². The summed E-state index contributed by atoms with van der Waals surface area (Å²) >= 11 is 0. The number of methoxy groups -OCH3 is 2. The molecule has 0 aliphatic carbocycles. The molecule has 4 aromatic rings. The largest absolute Gasteiger partial charge is 0.504 e. The molecule has 52 heavy (non-hydrogen) atoms. The third kappa shape index (κ3) is 19.1. The fourth-order valence-corrected chi connectivity index (χ4v) is 4.05. The van der Waals surface area contributed by atoms with E-state index in [2.05, 4.69) is 104 Å². The van der Waals surface area contributed by atoms with E-state index in [4.69, 9.17) is 14.6 Å². The van der Waals surface area contributed by atoms with Gasteiger partial charge < -0.3 is 29.9 Å². The molecule has 0 spiro atoms. The molecule has 0 atom stereocenters. The number of ether oxygens (including phenoxy) is 2. The molecule has 6 nitrogen and oxygen atoms in total. The predicted octanol–water partition coefficient (Wildman–Crippen LogP) is 12.3. The van der Waals surface area contributed by atoms with Gasteiger partial charge in [0.05, 0.1) is 14.2 Å². The zero-order chi connectivity index (χ0) is 39.1. The molecule has 0 aliphatic heterocycles. The first kappa shape index (κ1) is 44.7. The van der Waals surface area contributed by atoms with Crippen LogP contribution in [-0.2, 0) is 0 Å². The van der Waals surface area contributed by atoms with Gasteiger partial charge in [0.1, 0.15) is 0 Å². The van der Waals surface area contributed by atoms with Gasteiger partial charge in [0.2, 0.25) is 0 Å². The minimum atomic E-state index is -0.0818. The molecule has 4 N–H and O–H groups in total. The summed E-state index contributed by atoms with van der Waals surface area (Å²) in [6.07, 6.45) is 16.3. The summed E-state index contributed by atoms with van der Waals surface area (Å²) < 4.78 is 10.4. The lowest BCUT2D eigenvalue weighted by Crippen LogP contribution is -1.90. The number of hydrogen-bond donors (Lipinski definition) is 4. The average Bonchev–Trinajstić information content (AvgIpc) is 3.12. The summed E-state index contributed by atoms with van der Waals surface area (Å²) in [6.45, 7) is 16.9. The van der Waals surface area contributed by atoms with Crippen LogP contribution in [0, 0.1) is 23.7 Å². The first-order valence-electron chi connectivity index (χ1n) is 17.7. The molecular weight excluding hydrogens is 649 g/mol. The van der Waals surface area contributed by atoms with Crippen molar-refractivity contribution < 1.29 is 29.9 Å². The van der Waals surface area contributed by atoms with E-state index in [9.17, 15) is 15.3 Å². The highest BCUT2D eigenvalue weighted by Gasteiger charge is 2.03. The molecule has 0 amide bonds. The molecule has 280 valence electrons. The Kier molecular flexibility index (Phi) is 21.2. The Morgan fingerprint density at radius 3 is 1.40 bits per heavy atom. The highest BCUT2D eigenvalue weighted by molar-refractivity contribution is 5.61. The van der Waals surface area contributed by atoms with Gasteiger partial charge in [-0.3, -0.25) is 0 Å². The lowest BCUT2D eigenvalue weighted by Gasteiger charge is -2.07. The Hall–Kier alpha value is -5.36. The second-order valence-corrected chi connectivity index (χ2v) is 13.4. The third-order valence-electron chi connectivity index (χ3n) is 6.93. The Labute approximate surface area is 312 Å². The fraction of sp³-hybridized carbons (Fsp3) is 0.304. The molecule has 0 aliphatic rings. The monoisotopic (exact) mass is 708 g/mol. The summed E-state index contributed by atoms with van der Waals surface area (Å²) in [6, 6.07) is 26.0. The minimum absolute atomic E-state index is 0.0561. The van der Waals surface area contributed by atoms with E-state index in [-0.39, 0.29) is 23.0 Å². The molecule has 0 bridgehead atoms. The van der Waals surface area contributed by atoms with E-state index >= 15 is 0 Å². The topological polar surface area (TPSA) is 99.4 Å². The number of phenolic OH excluding ortho intramolecular Hbond substituents is 4. The van der Waals surface area contributed by atoms with Crippen LogP contribution in [0.2, 0.25) is 0 Å². The second-order valence-electron chi connectivity index (χ2n) is 13.4. The van der Waals surface area contributed by atoms with Crippen LogP contribution in [-0.4, -0.2) is 34.6 Å². The van der Waals surface area contributed by atoms with Crippen molar-refractivity contribution in [1.29, 1.82) is 0 Å². The van der Waals surface area contributed by atoms with Crippen LogP contribution in [0.25, 0.3) is 24.3 Å². The smallest absolute Gasteiger partial charge is 0.164 e. The second kappa shape index (κ2) is 24.7. The van der Waals surface area contributed by atoms with Crippen LogP contribution < -0.4 is 9.47 Å². The van der Waals surface area contributed by atoms with Gasteiger partial charge in [0.25, 0.3) is 0 Å². The maximum absolute atomic E-state index is 9.41. The van der Waals surface area contributed by atoms with Crippen molar-refractivity contribution in [2.24, 2.45) is 23.7 Å². The van der Waals surface area contributed by atoms with Gasteiger partial charge in [-0.1, -0.05) is 159 Å². The zero-order valence-corrected chi connectivity index (χ0v) is 32.6. The standard InChI is InChI=1S/C13H18O2.2C11H14O2.C11H14/c1-10(2)5-6-11-7-8-12(14-3)13(9-11)15-4;1-8(2)3-4-9-5-6-10(12)11(13)7-9;1-8(2)6-7-9-4-3-5-10(12)11(9)13;1-10(2)8-9-11-6-4-3-5-7-11/h5-10H,1-4H3;2*3-8,12-13H,1-2H3;3-10H,1-2H3/b6-5+;4-3+;7-6+;9-8+. The minimum Gasteiger partial charge on any atom is -0.504 e. The summed E-state index contributed by atoms with van der Waals surface area (Å²) in [5.41, 5.74) is 3.94. The molecule has 0 radical (unpaired) electrons. The fourth-order valence-electron chi connectivity index (χ4n) is 4.05. The number of allylic oxidation sites excluding steroid dienone is 4. The van der Waals surface area contributed by atoms with E-state index in [0.29, 0.717) is 29.2 Å². The van der Waals surface area contributed by atoms with Crippen LogP contribution in [0.1, 0.15) is 77.6 Å². The zero-order valence-electron chi connectivity index (χ0n) is 32.6. The van der Waals surface area contributed by atoms with Crippen molar-refractivity contribution in [3.63, 3.8) is 0 Å². The Morgan fingerprint density at radius 2 is 0.904 bits per heavy atom. The number of hydrogen-bond acceptors (Lipinski definition) is 6. The predicted molar refractivity (Wildman–Crippen MR) is 221 cm³/mol. The molecule has 0 saturated carbocycles. The highest BCUT2D eigenvalue weighted by Crippen LogP contribution is 2.30. The van der Waals surface area contributed by atoms with Crippen molar-refractivity contribution in [2.45, 2.75) is 55.4 Å². The molecule has 4 rings (SSSR count). The number of rotatable bonds is 10. The third-order valence-corrected chi connectivity index (χ3v) is 6.93. The normalized spacial score (nSPS) is 11.2. The molecule has 0 saturated heterocycles. The molecule has 0 unspecified atom stereocenters. The molecule has 6 heteroatoms. The number of benzene rings is 4. The van der Waals surface area contributed by atoms with Crippen LogP contribution in [0.5, 0.6) is 34.5 Å².